The van der Waals surface area contributed by atoms with E-state index in [1.165, 1.54) is 6.92 Å². The van der Waals surface area contributed by atoms with Gasteiger partial charge in [0.15, 0.2) is 0 Å². The molecule has 0 aromatic rings. The standard InChI is InChI=1S/C18H34N4O3/c1-4-5-15(8-11-20-14(2)23)6-9-18(17(24)25)10-7-16(12-18)21-13-22-19-3/h13,15-16,19H,4-12H2,1-3H3,(H,20,23)(H,21,22)(H,24,25). The van der Waals surface area contributed by atoms with Crippen LogP contribution in [-0.4, -0.2) is 43.0 Å². The highest BCUT2D eigenvalue weighted by molar-refractivity contribution is 5.75. The van der Waals surface area contributed by atoms with Crippen LogP contribution in [0.15, 0.2) is 5.10 Å². The summed E-state index contributed by atoms with van der Waals surface area (Å²) >= 11 is 0. The molecule has 0 bridgehead atoms. The molecule has 144 valence electrons. The van der Waals surface area contributed by atoms with Gasteiger partial charge >= 0.3 is 5.97 Å². The second-order valence-electron chi connectivity index (χ2n) is 7.14. The number of carboxylic acid groups (broad SMARTS) is 1. The summed E-state index contributed by atoms with van der Waals surface area (Å²) < 4.78 is 0. The van der Waals surface area contributed by atoms with Crippen LogP contribution in [0.2, 0.25) is 0 Å². The topological polar surface area (TPSA) is 103 Å². The molecule has 3 atom stereocenters. The zero-order chi connectivity index (χ0) is 18.7. The summed E-state index contributed by atoms with van der Waals surface area (Å²) in [6, 6.07) is 0.164. The molecule has 1 rings (SSSR count). The van der Waals surface area contributed by atoms with Gasteiger partial charge in [-0.25, -0.2) is 0 Å². The van der Waals surface area contributed by atoms with Gasteiger partial charge in [-0.15, -0.1) is 0 Å². The molecule has 0 aromatic heterocycles. The second-order valence-corrected chi connectivity index (χ2v) is 7.14. The van der Waals surface area contributed by atoms with Crippen molar-refractivity contribution in [3.8, 4) is 0 Å². The second kappa shape index (κ2) is 10.9. The third-order valence-corrected chi connectivity index (χ3v) is 5.22. The quantitative estimate of drug-likeness (QED) is 0.244. The van der Waals surface area contributed by atoms with Gasteiger partial charge in [0.2, 0.25) is 5.91 Å². The summed E-state index contributed by atoms with van der Waals surface area (Å²) in [5.74, 6) is -0.226. The van der Waals surface area contributed by atoms with Crippen molar-refractivity contribution >= 4 is 18.2 Å². The number of carboxylic acids is 1. The van der Waals surface area contributed by atoms with Gasteiger partial charge in [0.1, 0.15) is 6.34 Å². The van der Waals surface area contributed by atoms with E-state index in [9.17, 15) is 14.7 Å². The van der Waals surface area contributed by atoms with Crippen molar-refractivity contribution in [2.75, 3.05) is 13.6 Å². The number of nitrogens with zero attached hydrogens (tertiary/aromatic N) is 1. The number of aliphatic carboxylic acids is 1. The number of hydrogen-bond donors (Lipinski definition) is 4. The van der Waals surface area contributed by atoms with Crippen LogP contribution in [-0.2, 0) is 9.59 Å². The highest BCUT2D eigenvalue weighted by Gasteiger charge is 2.45. The van der Waals surface area contributed by atoms with Gasteiger partial charge in [0.25, 0.3) is 0 Å². The van der Waals surface area contributed by atoms with Crippen LogP contribution in [0.4, 0.5) is 0 Å². The summed E-state index contributed by atoms with van der Waals surface area (Å²) in [5.41, 5.74) is 2.04. The van der Waals surface area contributed by atoms with E-state index in [0.717, 1.165) is 32.1 Å². The van der Waals surface area contributed by atoms with Crippen LogP contribution in [0, 0.1) is 11.3 Å². The van der Waals surface area contributed by atoms with E-state index in [2.05, 4.69) is 28.1 Å². The average molecular weight is 354 g/mol. The van der Waals surface area contributed by atoms with Crippen LogP contribution in [0.1, 0.15) is 65.2 Å². The highest BCUT2D eigenvalue weighted by Crippen LogP contribution is 2.43. The number of rotatable bonds is 12. The highest BCUT2D eigenvalue weighted by atomic mass is 16.4. The lowest BCUT2D eigenvalue weighted by Gasteiger charge is -2.27. The molecule has 1 saturated carbocycles. The van der Waals surface area contributed by atoms with E-state index >= 15 is 0 Å². The average Bonchev–Trinajstić information content (AvgIpc) is 2.97. The first-order valence-electron chi connectivity index (χ1n) is 9.35. The molecular formula is C18H34N4O3. The summed E-state index contributed by atoms with van der Waals surface area (Å²) in [6.07, 6.45) is 8.48. The lowest BCUT2D eigenvalue weighted by Crippen LogP contribution is -2.33. The molecule has 1 fully saturated rings. The van der Waals surface area contributed by atoms with Gasteiger partial charge in [0.05, 0.1) is 5.41 Å². The molecule has 0 heterocycles. The Morgan fingerprint density at radius 3 is 2.72 bits per heavy atom. The van der Waals surface area contributed by atoms with Crippen molar-refractivity contribution in [2.24, 2.45) is 16.4 Å². The minimum atomic E-state index is -0.681. The molecule has 0 saturated heterocycles. The molecule has 1 amide bonds. The van der Waals surface area contributed by atoms with E-state index in [1.807, 2.05) is 0 Å². The Bertz CT molecular complexity index is 456. The Labute approximate surface area is 151 Å². The molecule has 1 aliphatic rings. The molecule has 0 radical (unpaired) electrons. The van der Waals surface area contributed by atoms with Crippen LogP contribution in [0.25, 0.3) is 0 Å². The number of carbonyl (C=O) groups excluding carboxylic acids is 1. The van der Waals surface area contributed by atoms with Crippen LogP contribution >= 0.6 is 0 Å². The molecule has 0 aliphatic heterocycles. The maximum atomic E-state index is 11.9. The van der Waals surface area contributed by atoms with Crippen molar-refractivity contribution in [3.05, 3.63) is 0 Å². The number of carbonyl (C=O) groups is 2. The Kier molecular flexibility index (Phi) is 9.31. The fraction of sp³-hybridized carbons (Fsp3) is 0.833. The molecule has 4 N–H and O–H groups in total. The zero-order valence-corrected chi connectivity index (χ0v) is 15.8. The van der Waals surface area contributed by atoms with E-state index in [1.54, 1.807) is 13.4 Å². The summed E-state index contributed by atoms with van der Waals surface area (Å²) in [7, 11) is 1.73. The third kappa shape index (κ3) is 7.32. The van der Waals surface area contributed by atoms with E-state index in [4.69, 9.17) is 0 Å². The molecule has 7 heteroatoms. The van der Waals surface area contributed by atoms with Crippen molar-refractivity contribution in [1.82, 2.24) is 16.1 Å². The number of amides is 1. The lowest BCUT2D eigenvalue weighted by molar-refractivity contribution is -0.149. The normalized spacial score (nSPS) is 24.2. The number of hydrogen-bond acceptors (Lipinski definition) is 4. The molecule has 1 aliphatic carbocycles. The SMILES string of the molecule is CCCC(CCNC(C)=O)CCC1(C(=O)O)CCC(NC=NNC)C1. The largest absolute Gasteiger partial charge is 0.481 e. The molecule has 25 heavy (non-hydrogen) atoms. The Balaban J connectivity index is 2.56. The Hall–Kier alpha value is -1.79. The fourth-order valence-corrected chi connectivity index (χ4v) is 3.78. The molecule has 7 nitrogen and oxygen atoms in total. The number of nitrogens with one attached hydrogen (secondary N) is 3. The molecule has 0 spiro atoms. The molecule has 3 unspecified atom stereocenters. The van der Waals surface area contributed by atoms with Gasteiger partial charge in [-0.05, 0) is 44.4 Å². The predicted octanol–water partition coefficient (Wildman–Crippen LogP) is 2.08. The van der Waals surface area contributed by atoms with Crippen LogP contribution in [0.5, 0.6) is 0 Å². The van der Waals surface area contributed by atoms with Crippen molar-refractivity contribution in [1.29, 1.82) is 0 Å². The van der Waals surface area contributed by atoms with Gasteiger partial charge in [-0.3, -0.25) is 9.59 Å². The van der Waals surface area contributed by atoms with Crippen molar-refractivity contribution in [2.45, 2.75) is 71.3 Å². The molecule has 0 aromatic carbocycles. The third-order valence-electron chi connectivity index (χ3n) is 5.22. The van der Waals surface area contributed by atoms with Gasteiger partial charge in [-0.1, -0.05) is 19.8 Å². The van der Waals surface area contributed by atoms with Gasteiger partial charge < -0.3 is 21.2 Å². The van der Waals surface area contributed by atoms with E-state index in [-0.39, 0.29) is 11.9 Å². The first-order chi connectivity index (χ1) is 11.9. The van der Waals surface area contributed by atoms with Gasteiger partial charge in [0, 0.05) is 26.6 Å². The van der Waals surface area contributed by atoms with Crippen LogP contribution in [0.3, 0.4) is 0 Å². The minimum absolute atomic E-state index is 0.00908. The lowest BCUT2D eigenvalue weighted by atomic mass is 9.78. The monoisotopic (exact) mass is 354 g/mol. The summed E-state index contributed by atoms with van der Waals surface area (Å²) in [6.45, 7) is 4.34. The Morgan fingerprint density at radius 2 is 2.12 bits per heavy atom. The van der Waals surface area contributed by atoms with E-state index in [0.29, 0.717) is 31.7 Å². The van der Waals surface area contributed by atoms with Crippen molar-refractivity contribution in [3.63, 3.8) is 0 Å². The predicted molar refractivity (Wildman–Crippen MR) is 99.3 cm³/mol. The fourth-order valence-electron chi connectivity index (χ4n) is 3.78. The minimum Gasteiger partial charge on any atom is -0.481 e. The molecular weight excluding hydrogens is 320 g/mol. The first kappa shape index (κ1) is 21.3. The maximum Gasteiger partial charge on any atom is 0.309 e. The summed E-state index contributed by atoms with van der Waals surface area (Å²) in [4.78, 5) is 23.0. The smallest absolute Gasteiger partial charge is 0.309 e. The maximum absolute atomic E-state index is 11.9. The Morgan fingerprint density at radius 1 is 1.36 bits per heavy atom. The van der Waals surface area contributed by atoms with Crippen molar-refractivity contribution < 1.29 is 14.7 Å². The number of hydrazone groups is 1. The first-order valence-corrected chi connectivity index (χ1v) is 9.35. The summed E-state index contributed by atoms with van der Waals surface area (Å²) in [5, 5.41) is 19.8. The van der Waals surface area contributed by atoms with Crippen LogP contribution < -0.4 is 16.1 Å². The van der Waals surface area contributed by atoms with Gasteiger partial charge in [-0.2, -0.15) is 5.10 Å². The van der Waals surface area contributed by atoms with E-state index < -0.39 is 11.4 Å². The zero-order valence-electron chi connectivity index (χ0n) is 15.8.